The molecule has 0 aliphatic heterocycles. The molecule has 3 aromatic rings. The zero-order valence-corrected chi connectivity index (χ0v) is 16.3. The standard InChI is InChI=1S/C18H14Cl3N3O3/c1-10(26-18(25)22-15-5-3-2-4-13(15)20)8-16-23-17(24-27-16)12-7-6-11(19)9-14(12)21/h2-7,9-10H,8H2,1H3,(H,22,25). The number of para-hydroxylation sites is 1. The molecule has 1 heterocycles. The number of anilines is 1. The van der Waals surface area contributed by atoms with Gasteiger partial charge in [-0.25, -0.2) is 4.79 Å². The van der Waals surface area contributed by atoms with Gasteiger partial charge in [0.15, 0.2) is 0 Å². The molecule has 0 aliphatic carbocycles. The molecule has 0 aliphatic rings. The molecule has 140 valence electrons. The van der Waals surface area contributed by atoms with Gasteiger partial charge in [0.05, 0.1) is 22.2 Å². The topological polar surface area (TPSA) is 77.2 Å². The number of carbonyl (C=O) groups is 1. The summed E-state index contributed by atoms with van der Waals surface area (Å²) < 4.78 is 10.5. The van der Waals surface area contributed by atoms with Crippen molar-refractivity contribution in [3.05, 3.63) is 63.4 Å². The van der Waals surface area contributed by atoms with E-state index in [9.17, 15) is 4.79 Å². The number of carbonyl (C=O) groups excluding carboxylic acids is 1. The maximum atomic E-state index is 12.0. The lowest BCUT2D eigenvalue weighted by Crippen LogP contribution is -2.22. The summed E-state index contributed by atoms with van der Waals surface area (Å²) in [6.07, 6.45) is -0.883. The van der Waals surface area contributed by atoms with Crippen LogP contribution < -0.4 is 5.32 Å². The smallest absolute Gasteiger partial charge is 0.411 e. The van der Waals surface area contributed by atoms with Gasteiger partial charge in [-0.2, -0.15) is 4.98 Å². The van der Waals surface area contributed by atoms with E-state index >= 15 is 0 Å². The highest BCUT2D eigenvalue weighted by Crippen LogP contribution is 2.28. The van der Waals surface area contributed by atoms with E-state index in [2.05, 4.69) is 15.5 Å². The molecule has 0 bridgehead atoms. The third kappa shape index (κ3) is 5.13. The van der Waals surface area contributed by atoms with Crippen molar-refractivity contribution in [2.75, 3.05) is 5.32 Å². The van der Waals surface area contributed by atoms with Crippen LogP contribution >= 0.6 is 34.8 Å². The van der Waals surface area contributed by atoms with Crippen LogP contribution in [0.2, 0.25) is 15.1 Å². The summed E-state index contributed by atoms with van der Waals surface area (Å²) in [6.45, 7) is 1.71. The first-order valence-corrected chi connectivity index (χ1v) is 9.06. The predicted octanol–water partition coefficient (Wildman–Crippen LogP) is 5.88. The van der Waals surface area contributed by atoms with Crippen LogP contribution in [0.1, 0.15) is 12.8 Å². The number of halogens is 3. The lowest BCUT2D eigenvalue weighted by molar-refractivity contribution is 0.115. The molecule has 0 saturated heterocycles. The highest BCUT2D eigenvalue weighted by atomic mass is 35.5. The minimum atomic E-state index is -0.629. The first-order valence-electron chi connectivity index (χ1n) is 7.92. The number of hydrogen-bond acceptors (Lipinski definition) is 5. The maximum Gasteiger partial charge on any atom is 0.411 e. The Hall–Kier alpha value is -2.28. The number of hydrogen-bond donors (Lipinski definition) is 1. The van der Waals surface area contributed by atoms with Gasteiger partial charge in [-0.1, -0.05) is 52.1 Å². The Morgan fingerprint density at radius 1 is 1.19 bits per heavy atom. The zero-order chi connectivity index (χ0) is 19.4. The Kier molecular flexibility index (Phi) is 6.21. The van der Waals surface area contributed by atoms with Gasteiger partial charge >= 0.3 is 6.09 Å². The molecule has 0 radical (unpaired) electrons. The van der Waals surface area contributed by atoms with E-state index < -0.39 is 12.2 Å². The molecule has 6 nitrogen and oxygen atoms in total. The van der Waals surface area contributed by atoms with Crippen LogP contribution in [0.15, 0.2) is 47.0 Å². The fourth-order valence-electron chi connectivity index (χ4n) is 2.29. The number of amides is 1. The first kappa shape index (κ1) is 19.5. The fraction of sp³-hybridized carbons (Fsp3) is 0.167. The van der Waals surface area contributed by atoms with Crippen LogP contribution in [0.4, 0.5) is 10.5 Å². The average molecular weight is 427 g/mol. The Labute approximate surface area is 170 Å². The molecule has 2 aromatic carbocycles. The number of ether oxygens (including phenoxy) is 1. The van der Waals surface area contributed by atoms with E-state index in [1.165, 1.54) is 0 Å². The molecule has 3 rings (SSSR count). The van der Waals surface area contributed by atoms with Gasteiger partial charge in [0, 0.05) is 10.6 Å². The molecule has 1 aromatic heterocycles. The molecule has 0 fully saturated rings. The van der Waals surface area contributed by atoms with Gasteiger partial charge in [0.2, 0.25) is 11.7 Å². The molecular formula is C18H14Cl3N3O3. The van der Waals surface area contributed by atoms with Crippen LogP contribution in [0, 0.1) is 0 Å². The molecule has 0 spiro atoms. The average Bonchev–Trinajstić information content (AvgIpc) is 3.04. The number of nitrogens with zero attached hydrogens (tertiary/aromatic N) is 2. The van der Waals surface area contributed by atoms with E-state index in [0.717, 1.165) is 0 Å². The lowest BCUT2D eigenvalue weighted by atomic mass is 10.2. The third-order valence-electron chi connectivity index (χ3n) is 3.52. The van der Waals surface area contributed by atoms with Crippen LogP contribution in [-0.4, -0.2) is 22.3 Å². The SMILES string of the molecule is CC(Cc1nc(-c2ccc(Cl)cc2Cl)no1)OC(=O)Nc1ccccc1Cl. The third-order valence-corrected chi connectivity index (χ3v) is 4.40. The van der Waals surface area contributed by atoms with E-state index in [-0.39, 0.29) is 6.42 Å². The van der Waals surface area contributed by atoms with E-state index in [1.807, 2.05) is 0 Å². The highest BCUT2D eigenvalue weighted by molar-refractivity contribution is 6.36. The number of rotatable bonds is 5. The summed E-state index contributed by atoms with van der Waals surface area (Å²) in [5.74, 6) is 0.647. The van der Waals surface area contributed by atoms with Crippen LogP contribution in [0.3, 0.4) is 0 Å². The van der Waals surface area contributed by atoms with Crippen LogP contribution in [0.25, 0.3) is 11.4 Å². The number of benzene rings is 2. The van der Waals surface area contributed by atoms with Crippen molar-refractivity contribution >= 4 is 46.6 Å². The molecule has 27 heavy (non-hydrogen) atoms. The van der Waals surface area contributed by atoms with Gasteiger partial charge in [-0.05, 0) is 37.3 Å². The lowest BCUT2D eigenvalue weighted by Gasteiger charge is -2.12. The van der Waals surface area contributed by atoms with Crippen molar-refractivity contribution in [3.8, 4) is 11.4 Å². The summed E-state index contributed by atoms with van der Waals surface area (Å²) in [5, 5.41) is 7.83. The van der Waals surface area contributed by atoms with Gasteiger partial charge in [0.1, 0.15) is 6.10 Å². The zero-order valence-electron chi connectivity index (χ0n) is 14.1. The Morgan fingerprint density at radius 3 is 2.70 bits per heavy atom. The molecule has 1 amide bonds. The van der Waals surface area contributed by atoms with E-state index in [4.69, 9.17) is 44.1 Å². The summed E-state index contributed by atoms with van der Waals surface area (Å²) in [7, 11) is 0. The molecule has 1 N–H and O–H groups in total. The largest absolute Gasteiger partial charge is 0.446 e. The normalized spacial score (nSPS) is 11.9. The summed E-state index contributed by atoms with van der Waals surface area (Å²) in [4.78, 5) is 16.3. The minimum Gasteiger partial charge on any atom is -0.446 e. The number of nitrogens with one attached hydrogen (secondary N) is 1. The highest BCUT2D eigenvalue weighted by Gasteiger charge is 2.17. The van der Waals surface area contributed by atoms with Crippen LogP contribution in [0.5, 0.6) is 0 Å². The van der Waals surface area contributed by atoms with E-state index in [0.29, 0.717) is 38.0 Å². The van der Waals surface area contributed by atoms with Crippen molar-refractivity contribution in [2.24, 2.45) is 0 Å². The van der Waals surface area contributed by atoms with Crippen molar-refractivity contribution in [2.45, 2.75) is 19.4 Å². The fourth-order valence-corrected chi connectivity index (χ4v) is 2.97. The monoisotopic (exact) mass is 425 g/mol. The molecule has 1 atom stereocenters. The summed E-state index contributed by atoms with van der Waals surface area (Å²) in [5.41, 5.74) is 1.06. The first-order chi connectivity index (χ1) is 12.9. The van der Waals surface area contributed by atoms with Gasteiger partial charge in [0.25, 0.3) is 0 Å². The van der Waals surface area contributed by atoms with Crippen molar-refractivity contribution < 1.29 is 14.1 Å². The Balaban J connectivity index is 1.60. The molecule has 9 heteroatoms. The van der Waals surface area contributed by atoms with Gasteiger partial charge in [-0.15, -0.1) is 0 Å². The van der Waals surface area contributed by atoms with Crippen molar-refractivity contribution in [1.82, 2.24) is 10.1 Å². The summed E-state index contributed by atoms with van der Waals surface area (Å²) in [6, 6.07) is 11.9. The Bertz CT molecular complexity index is 962. The van der Waals surface area contributed by atoms with Crippen LogP contribution in [-0.2, 0) is 11.2 Å². The van der Waals surface area contributed by atoms with Crippen molar-refractivity contribution in [3.63, 3.8) is 0 Å². The summed E-state index contributed by atoms with van der Waals surface area (Å²) >= 11 is 18.0. The quantitative estimate of drug-likeness (QED) is 0.551. The Morgan fingerprint density at radius 2 is 1.96 bits per heavy atom. The second kappa shape index (κ2) is 8.61. The molecule has 0 saturated carbocycles. The van der Waals surface area contributed by atoms with Gasteiger partial charge in [-0.3, -0.25) is 5.32 Å². The minimum absolute atomic E-state index is 0.244. The van der Waals surface area contributed by atoms with Gasteiger partial charge < -0.3 is 9.26 Å². The number of aromatic nitrogens is 2. The van der Waals surface area contributed by atoms with Crippen molar-refractivity contribution in [1.29, 1.82) is 0 Å². The maximum absolute atomic E-state index is 12.0. The van der Waals surface area contributed by atoms with E-state index in [1.54, 1.807) is 49.4 Å². The second-order valence-electron chi connectivity index (χ2n) is 5.66. The molecule has 1 unspecified atom stereocenters. The second-order valence-corrected chi connectivity index (χ2v) is 6.91. The molecular weight excluding hydrogens is 413 g/mol. The predicted molar refractivity (Wildman–Crippen MR) is 104 cm³/mol.